The van der Waals surface area contributed by atoms with E-state index in [1.165, 1.54) is 11.8 Å². The molecule has 1 N–H and O–H groups in total. The average Bonchev–Trinajstić information content (AvgIpc) is 2.66. The van der Waals surface area contributed by atoms with Gasteiger partial charge in [-0.1, -0.05) is 29.8 Å². The highest BCUT2D eigenvalue weighted by atomic mass is 16.5. The van der Waals surface area contributed by atoms with Crippen LogP contribution in [0.15, 0.2) is 36.0 Å². The number of nitriles is 1. The summed E-state index contributed by atoms with van der Waals surface area (Å²) in [5.41, 5.74) is 2.34. The standard InChI is InChI=1S/C20H25N3O3/c1-3-26-20(25)17-8-10-23(11-9-17)19(24)18(12-21)14-22-13-16-6-4-15(2)5-7-16/h4-7,14,17,22H,3,8-11,13H2,1-2H3/b18-14-. The van der Waals surface area contributed by atoms with E-state index in [9.17, 15) is 14.9 Å². The number of carbonyl (C=O) groups is 2. The van der Waals surface area contributed by atoms with Gasteiger partial charge in [-0.3, -0.25) is 9.59 Å². The lowest BCUT2D eigenvalue weighted by Gasteiger charge is -2.30. The highest BCUT2D eigenvalue weighted by Crippen LogP contribution is 2.20. The summed E-state index contributed by atoms with van der Waals surface area (Å²) in [5.74, 6) is -0.658. The van der Waals surface area contributed by atoms with E-state index < -0.39 is 0 Å². The molecule has 0 atom stereocenters. The molecule has 1 aliphatic heterocycles. The molecule has 1 aromatic rings. The Hall–Kier alpha value is -2.81. The number of ether oxygens (including phenoxy) is 1. The Balaban J connectivity index is 1.87. The van der Waals surface area contributed by atoms with E-state index in [2.05, 4.69) is 5.32 Å². The molecule has 0 aromatic heterocycles. The summed E-state index contributed by atoms with van der Waals surface area (Å²) in [5, 5.41) is 12.3. The van der Waals surface area contributed by atoms with Gasteiger partial charge in [0, 0.05) is 25.8 Å². The normalized spacial score (nSPS) is 15.3. The lowest BCUT2D eigenvalue weighted by molar-refractivity contribution is -0.150. The minimum atomic E-state index is -0.300. The van der Waals surface area contributed by atoms with Crippen LogP contribution in [0.25, 0.3) is 0 Å². The second-order valence-corrected chi connectivity index (χ2v) is 6.35. The van der Waals surface area contributed by atoms with Gasteiger partial charge in [0.15, 0.2) is 0 Å². The van der Waals surface area contributed by atoms with Crippen molar-refractivity contribution in [2.75, 3.05) is 19.7 Å². The molecule has 1 aromatic carbocycles. The number of piperidine rings is 1. The number of nitrogens with one attached hydrogen (secondary N) is 1. The van der Waals surface area contributed by atoms with Crippen molar-refractivity contribution in [3.8, 4) is 6.07 Å². The van der Waals surface area contributed by atoms with Gasteiger partial charge in [0.2, 0.25) is 0 Å². The van der Waals surface area contributed by atoms with Crippen LogP contribution in [0.5, 0.6) is 0 Å². The van der Waals surface area contributed by atoms with Crippen LogP contribution in [-0.2, 0) is 20.9 Å². The lowest BCUT2D eigenvalue weighted by atomic mass is 9.96. The molecule has 1 amide bonds. The Morgan fingerprint density at radius 1 is 1.31 bits per heavy atom. The zero-order chi connectivity index (χ0) is 18.9. The Bertz CT molecular complexity index is 696. The predicted octanol–water partition coefficient (Wildman–Crippen LogP) is 2.29. The highest BCUT2D eigenvalue weighted by molar-refractivity contribution is 5.97. The number of nitrogens with zero attached hydrogens (tertiary/aromatic N) is 2. The second-order valence-electron chi connectivity index (χ2n) is 6.35. The van der Waals surface area contributed by atoms with Gasteiger partial charge in [-0.2, -0.15) is 5.26 Å². The van der Waals surface area contributed by atoms with Gasteiger partial charge in [0.25, 0.3) is 5.91 Å². The van der Waals surface area contributed by atoms with Crippen LogP contribution < -0.4 is 5.32 Å². The largest absolute Gasteiger partial charge is 0.466 e. The summed E-state index contributed by atoms with van der Waals surface area (Å²) in [6.45, 7) is 5.63. The topological polar surface area (TPSA) is 82.4 Å². The SMILES string of the molecule is CCOC(=O)C1CCN(C(=O)/C(C#N)=C\NCc2ccc(C)cc2)CC1. The van der Waals surface area contributed by atoms with Gasteiger partial charge in [-0.15, -0.1) is 0 Å². The number of rotatable bonds is 6. The summed E-state index contributed by atoms with van der Waals surface area (Å²) in [7, 11) is 0. The third-order valence-electron chi connectivity index (χ3n) is 4.43. The predicted molar refractivity (Wildman–Crippen MR) is 97.7 cm³/mol. The van der Waals surface area contributed by atoms with Crippen LogP contribution in [0.4, 0.5) is 0 Å². The van der Waals surface area contributed by atoms with Gasteiger partial charge < -0.3 is 15.0 Å². The van der Waals surface area contributed by atoms with E-state index in [0.717, 1.165) is 5.56 Å². The fourth-order valence-electron chi connectivity index (χ4n) is 2.87. The van der Waals surface area contributed by atoms with E-state index in [1.54, 1.807) is 11.8 Å². The van der Waals surface area contributed by atoms with Crippen LogP contribution in [0, 0.1) is 24.2 Å². The first-order valence-corrected chi connectivity index (χ1v) is 8.90. The Morgan fingerprint density at radius 3 is 2.54 bits per heavy atom. The number of esters is 1. The molecule has 6 heteroatoms. The molecule has 0 saturated carbocycles. The fraction of sp³-hybridized carbons (Fsp3) is 0.450. The first kappa shape index (κ1) is 19.5. The molecule has 26 heavy (non-hydrogen) atoms. The third kappa shape index (κ3) is 5.35. The molecular formula is C20H25N3O3. The molecule has 0 spiro atoms. The van der Waals surface area contributed by atoms with Crippen molar-refractivity contribution in [2.45, 2.75) is 33.2 Å². The van der Waals surface area contributed by atoms with Crippen LogP contribution in [-0.4, -0.2) is 36.5 Å². The van der Waals surface area contributed by atoms with Gasteiger partial charge >= 0.3 is 5.97 Å². The van der Waals surface area contributed by atoms with Crippen LogP contribution in [0.2, 0.25) is 0 Å². The number of carbonyl (C=O) groups excluding carboxylic acids is 2. The molecule has 138 valence electrons. The summed E-state index contributed by atoms with van der Waals surface area (Å²) in [6.07, 6.45) is 2.61. The maximum Gasteiger partial charge on any atom is 0.309 e. The van der Waals surface area contributed by atoms with E-state index >= 15 is 0 Å². The van der Waals surface area contributed by atoms with Crippen molar-refractivity contribution in [1.82, 2.24) is 10.2 Å². The zero-order valence-corrected chi connectivity index (χ0v) is 15.3. The minimum Gasteiger partial charge on any atom is -0.466 e. The lowest BCUT2D eigenvalue weighted by Crippen LogP contribution is -2.41. The number of hydrogen-bond acceptors (Lipinski definition) is 5. The molecule has 0 radical (unpaired) electrons. The monoisotopic (exact) mass is 355 g/mol. The third-order valence-corrected chi connectivity index (χ3v) is 4.43. The van der Waals surface area contributed by atoms with Gasteiger partial charge in [-0.05, 0) is 32.3 Å². The van der Waals surface area contributed by atoms with E-state index in [0.29, 0.717) is 39.1 Å². The zero-order valence-electron chi connectivity index (χ0n) is 15.3. The van der Waals surface area contributed by atoms with Crippen molar-refractivity contribution in [3.63, 3.8) is 0 Å². The van der Waals surface area contributed by atoms with Crippen LogP contribution >= 0.6 is 0 Å². The number of amides is 1. The maximum atomic E-state index is 12.5. The summed E-state index contributed by atoms with van der Waals surface area (Å²) in [6, 6.07) is 10.0. The van der Waals surface area contributed by atoms with Crippen LogP contribution in [0.3, 0.4) is 0 Å². The molecular weight excluding hydrogens is 330 g/mol. The minimum absolute atomic E-state index is 0.0756. The Morgan fingerprint density at radius 2 is 1.96 bits per heavy atom. The molecule has 1 heterocycles. The van der Waals surface area contributed by atoms with Gasteiger partial charge in [-0.25, -0.2) is 0 Å². The molecule has 6 nitrogen and oxygen atoms in total. The second kappa shape index (κ2) is 9.62. The molecule has 0 bridgehead atoms. The van der Waals surface area contributed by atoms with Crippen molar-refractivity contribution < 1.29 is 14.3 Å². The van der Waals surface area contributed by atoms with E-state index in [1.807, 2.05) is 37.3 Å². The van der Waals surface area contributed by atoms with E-state index in [-0.39, 0.29) is 23.4 Å². The molecule has 0 unspecified atom stereocenters. The summed E-state index contributed by atoms with van der Waals surface area (Å²) >= 11 is 0. The first-order valence-electron chi connectivity index (χ1n) is 8.90. The fourth-order valence-corrected chi connectivity index (χ4v) is 2.87. The van der Waals surface area contributed by atoms with Gasteiger partial charge in [0.1, 0.15) is 11.6 Å². The van der Waals surface area contributed by atoms with Gasteiger partial charge in [0.05, 0.1) is 12.5 Å². The number of benzene rings is 1. The molecule has 2 rings (SSSR count). The first-order chi connectivity index (χ1) is 12.5. The number of aryl methyl sites for hydroxylation is 1. The van der Waals surface area contributed by atoms with Crippen molar-refractivity contribution in [3.05, 3.63) is 47.2 Å². The molecule has 1 aliphatic rings. The quantitative estimate of drug-likeness (QED) is 0.481. The van der Waals surface area contributed by atoms with E-state index in [4.69, 9.17) is 4.74 Å². The number of hydrogen-bond donors (Lipinski definition) is 1. The Kier molecular flexibility index (Phi) is 7.22. The molecule has 1 saturated heterocycles. The summed E-state index contributed by atoms with van der Waals surface area (Å²) < 4.78 is 5.03. The highest BCUT2D eigenvalue weighted by Gasteiger charge is 2.29. The van der Waals surface area contributed by atoms with Crippen molar-refractivity contribution in [1.29, 1.82) is 5.26 Å². The van der Waals surface area contributed by atoms with Crippen molar-refractivity contribution >= 4 is 11.9 Å². The smallest absolute Gasteiger partial charge is 0.309 e. The van der Waals surface area contributed by atoms with Crippen molar-refractivity contribution in [2.24, 2.45) is 5.92 Å². The molecule has 0 aliphatic carbocycles. The number of likely N-dealkylation sites (tertiary alicyclic amines) is 1. The average molecular weight is 355 g/mol. The Labute approximate surface area is 154 Å². The van der Waals surface area contributed by atoms with Crippen LogP contribution in [0.1, 0.15) is 30.9 Å². The summed E-state index contributed by atoms with van der Waals surface area (Å²) in [4.78, 5) is 25.9. The maximum absolute atomic E-state index is 12.5. The molecule has 1 fully saturated rings.